The zero-order chi connectivity index (χ0) is 15.1. The summed E-state index contributed by atoms with van der Waals surface area (Å²) in [5, 5.41) is 15.1. The fraction of sp³-hybridized carbons (Fsp3) is 0.625. The molecule has 0 spiro atoms. The van der Waals surface area contributed by atoms with E-state index in [2.05, 4.69) is 22.4 Å². The van der Waals surface area contributed by atoms with Gasteiger partial charge in [-0.1, -0.05) is 31.3 Å². The summed E-state index contributed by atoms with van der Waals surface area (Å²) in [6.07, 6.45) is 8.49. The molecule has 0 aromatic carbocycles. The van der Waals surface area contributed by atoms with E-state index in [1.165, 1.54) is 32.1 Å². The second-order valence-corrected chi connectivity index (χ2v) is 6.14. The SMILES string of the molecule is CC1CCCC(CCNCc2ccnc(C(N)=NO)c2)C1. The first-order chi connectivity index (χ1) is 10.2. The lowest BCUT2D eigenvalue weighted by molar-refractivity contribution is 0.267. The molecule has 21 heavy (non-hydrogen) atoms. The van der Waals surface area contributed by atoms with E-state index in [1.807, 2.05) is 12.1 Å². The van der Waals surface area contributed by atoms with Crippen molar-refractivity contribution in [3.05, 3.63) is 29.6 Å². The van der Waals surface area contributed by atoms with Crippen LogP contribution < -0.4 is 11.1 Å². The van der Waals surface area contributed by atoms with Gasteiger partial charge in [0.25, 0.3) is 0 Å². The van der Waals surface area contributed by atoms with Gasteiger partial charge in [0.05, 0.1) is 0 Å². The molecule has 1 heterocycles. The predicted octanol–water partition coefficient (Wildman–Crippen LogP) is 2.48. The summed E-state index contributed by atoms with van der Waals surface area (Å²) in [7, 11) is 0. The number of aromatic nitrogens is 1. The van der Waals surface area contributed by atoms with Crippen molar-refractivity contribution in [2.45, 2.75) is 45.6 Å². The molecule has 1 aliphatic rings. The van der Waals surface area contributed by atoms with Crippen LogP contribution >= 0.6 is 0 Å². The predicted molar refractivity (Wildman–Crippen MR) is 84.2 cm³/mol. The molecular formula is C16H26N4O. The second-order valence-electron chi connectivity index (χ2n) is 6.14. The van der Waals surface area contributed by atoms with E-state index in [4.69, 9.17) is 10.9 Å². The molecule has 1 saturated carbocycles. The van der Waals surface area contributed by atoms with E-state index in [0.29, 0.717) is 5.69 Å². The van der Waals surface area contributed by atoms with Gasteiger partial charge >= 0.3 is 0 Å². The van der Waals surface area contributed by atoms with Crippen molar-refractivity contribution < 1.29 is 5.21 Å². The van der Waals surface area contributed by atoms with Gasteiger partial charge in [-0.2, -0.15) is 0 Å². The lowest BCUT2D eigenvalue weighted by Crippen LogP contribution is -2.21. The van der Waals surface area contributed by atoms with Crippen molar-refractivity contribution in [3.8, 4) is 0 Å². The summed E-state index contributed by atoms with van der Waals surface area (Å²) in [5.41, 5.74) is 7.16. The highest BCUT2D eigenvalue weighted by Gasteiger charge is 2.18. The fourth-order valence-corrected chi connectivity index (χ4v) is 3.14. The number of pyridine rings is 1. The number of nitrogens with two attached hydrogens (primary N) is 1. The number of oxime groups is 1. The average Bonchev–Trinajstić information content (AvgIpc) is 2.51. The highest BCUT2D eigenvalue weighted by atomic mass is 16.4. The van der Waals surface area contributed by atoms with Crippen LogP contribution in [0, 0.1) is 11.8 Å². The summed E-state index contributed by atoms with van der Waals surface area (Å²) in [6.45, 7) is 4.19. The van der Waals surface area contributed by atoms with Gasteiger partial charge in [-0.25, -0.2) is 0 Å². The molecule has 2 rings (SSSR count). The second kappa shape index (κ2) is 7.98. The first-order valence-corrected chi connectivity index (χ1v) is 7.82. The molecule has 5 nitrogen and oxygen atoms in total. The third kappa shape index (κ3) is 5.01. The van der Waals surface area contributed by atoms with Crippen molar-refractivity contribution in [2.75, 3.05) is 6.54 Å². The van der Waals surface area contributed by atoms with Crippen LogP contribution in [0.15, 0.2) is 23.5 Å². The molecule has 2 unspecified atom stereocenters. The molecule has 1 aromatic heterocycles. The highest BCUT2D eigenvalue weighted by Crippen LogP contribution is 2.30. The average molecular weight is 290 g/mol. The van der Waals surface area contributed by atoms with Gasteiger partial charge in [-0.15, -0.1) is 0 Å². The minimum Gasteiger partial charge on any atom is -0.409 e. The van der Waals surface area contributed by atoms with E-state index in [0.717, 1.165) is 30.5 Å². The Kier molecular flexibility index (Phi) is 5.99. The maximum atomic E-state index is 8.67. The lowest BCUT2D eigenvalue weighted by atomic mass is 9.81. The molecular weight excluding hydrogens is 264 g/mol. The van der Waals surface area contributed by atoms with Crippen LogP contribution in [0.1, 0.15) is 50.3 Å². The molecule has 1 aromatic rings. The molecule has 0 saturated heterocycles. The molecule has 4 N–H and O–H groups in total. The monoisotopic (exact) mass is 290 g/mol. The third-order valence-electron chi connectivity index (χ3n) is 4.30. The topological polar surface area (TPSA) is 83.5 Å². The maximum absolute atomic E-state index is 8.67. The van der Waals surface area contributed by atoms with Crippen molar-refractivity contribution in [3.63, 3.8) is 0 Å². The summed E-state index contributed by atoms with van der Waals surface area (Å²) in [5.74, 6) is 1.83. The zero-order valence-corrected chi connectivity index (χ0v) is 12.8. The Morgan fingerprint density at radius 1 is 1.52 bits per heavy atom. The minimum atomic E-state index is 0.0491. The van der Waals surface area contributed by atoms with E-state index in [1.54, 1.807) is 6.20 Å². The standard InChI is InChI=1S/C16H26N4O/c1-12-3-2-4-13(9-12)5-7-18-11-14-6-8-19-15(10-14)16(17)20-21/h6,8,10,12-13,18,21H,2-5,7,9,11H2,1H3,(H2,17,20). The number of nitrogens with one attached hydrogen (secondary N) is 1. The van der Waals surface area contributed by atoms with Crippen molar-refractivity contribution in [1.29, 1.82) is 0 Å². The molecule has 0 bridgehead atoms. The van der Waals surface area contributed by atoms with Crippen molar-refractivity contribution >= 4 is 5.84 Å². The van der Waals surface area contributed by atoms with Gasteiger partial charge in [0, 0.05) is 12.7 Å². The summed E-state index contributed by atoms with van der Waals surface area (Å²) < 4.78 is 0. The number of hydrogen-bond acceptors (Lipinski definition) is 4. The number of hydrogen-bond donors (Lipinski definition) is 3. The zero-order valence-electron chi connectivity index (χ0n) is 12.8. The largest absolute Gasteiger partial charge is 0.409 e. The first-order valence-electron chi connectivity index (χ1n) is 7.82. The van der Waals surface area contributed by atoms with E-state index in [9.17, 15) is 0 Å². The Labute approximate surface area is 126 Å². The van der Waals surface area contributed by atoms with Gasteiger partial charge in [0.1, 0.15) is 5.69 Å². The molecule has 1 fully saturated rings. The highest BCUT2D eigenvalue weighted by molar-refractivity contribution is 5.95. The Hall–Kier alpha value is -1.62. The number of rotatable bonds is 6. The van der Waals surface area contributed by atoms with Gasteiger partial charge in [0.15, 0.2) is 5.84 Å². The number of nitrogens with zero attached hydrogens (tertiary/aromatic N) is 2. The Morgan fingerprint density at radius 3 is 3.14 bits per heavy atom. The van der Waals surface area contributed by atoms with Crippen LogP contribution in [0.3, 0.4) is 0 Å². The Bertz CT molecular complexity index is 475. The van der Waals surface area contributed by atoms with Gasteiger partial charge < -0.3 is 16.3 Å². The van der Waals surface area contributed by atoms with Crippen molar-refractivity contribution in [1.82, 2.24) is 10.3 Å². The van der Waals surface area contributed by atoms with E-state index in [-0.39, 0.29) is 5.84 Å². The van der Waals surface area contributed by atoms with Gasteiger partial charge in [0.2, 0.25) is 0 Å². The smallest absolute Gasteiger partial charge is 0.188 e. The van der Waals surface area contributed by atoms with Crippen LogP contribution in [0.2, 0.25) is 0 Å². The summed E-state index contributed by atoms with van der Waals surface area (Å²) in [4.78, 5) is 4.08. The van der Waals surface area contributed by atoms with Crippen LogP contribution in [0.5, 0.6) is 0 Å². The van der Waals surface area contributed by atoms with Crippen LogP contribution in [0.25, 0.3) is 0 Å². The van der Waals surface area contributed by atoms with E-state index >= 15 is 0 Å². The van der Waals surface area contributed by atoms with Crippen LogP contribution in [0.4, 0.5) is 0 Å². The molecule has 0 radical (unpaired) electrons. The van der Waals surface area contributed by atoms with Gasteiger partial charge in [-0.05, 0) is 48.9 Å². The Balaban J connectivity index is 1.73. The van der Waals surface area contributed by atoms with E-state index < -0.39 is 0 Å². The normalized spacial score (nSPS) is 23.2. The Morgan fingerprint density at radius 2 is 2.38 bits per heavy atom. The summed E-state index contributed by atoms with van der Waals surface area (Å²) in [6, 6.07) is 3.80. The molecule has 0 amide bonds. The quantitative estimate of drug-likeness (QED) is 0.247. The minimum absolute atomic E-state index is 0.0491. The van der Waals surface area contributed by atoms with Crippen molar-refractivity contribution in [2.24, 2.45) is 22.7 Å². The number of amidine groups is 1. The van der Waals surface area contributed by atoms with Crippen LogP contribution in [-0.2, 0) is 6.54 Å². The molecule has 2 atom stereocenters. The summed E-state index contributed by atoms with van der Waals surface area (Å²) >= 11 is 0. The lowest BCUT2D eigenvalue weighted by Gasteiger charge is -2.26. The molecule has 1 aliphatic carbocycles. The molecule has 0 aliphatic heterocycles. The maximum Gasteiger partial charge on any atom is 0.188 e. The van der Waals surface area contributed by atoms with Gasteiger partial charge in [-0.3, -0.25) is 4.98 Å². The third-order valence-corrected chi connectivity index (χ3v) is 4.30. The first kappa shape index (κ1) is 15.8. The van der Waals surface area contributed by atoms with Crippen LogP contribution in [-0.4, -0.2) is 22.6 Å². The fourth-order valence-electron chi connectivity index (χ4n) is 3.14. The molecule has 5 heteroatoms. The molecule has 116 valence electrons.